The van der Waals surface area contributed by atoms with E-state index in [2.05, 4.69) is 20.3 Å². The number of hydrogen-bond acceptors (Lipinski definition) is 6. The Morgan fingerprint density at radius 2 is 1.96 bits per heavy atom. The standard InChI is InChI=1S/C17H16N6O2/c1-11(24)8-17(25)23(14-5-2-12(18)3-6-14)22-21-13-4-7-15-16(9-13)20-10-19-15/h2-7,9-10H,8,18H2,1H3,(H,19,20). The summed E-state index contributed by atoms with van der Waals surface area (Å²) in [4.78, 5) is 30.7. The Labute approximate surface area is 143 Å². The largest absolute Gasteiger partial charge is 0.399 e. The van der Waals surface area contributed by atoms with Crippen LogP contribution in [-0.2, 0) is 9.59 Å². The number of benzene rings is 2. The van der Waals surface area contributed by atoms with Crippen molar-refractivity contribution in [2.24, 2.45) is 10.3 Å². The lowest BCUT2D eigenvalue weighted by Crippen LogP contribution is -2.26. The zero-order valence-corrected chi connectivity index (χ0v) is 13.5. The second kappa shape index (κ2) is 6.91. The van der Waals surface area contributed by atoms with Gasteiger partial charge in [-0.3, -0.25) is 9.59 Å². The first-order valence-electron chi connectivity index (χ1n) is 7.55. The number of nitrogen functional groups attached to an aromatic ring is 1. The summed E-state index contributed by atoms with van der Waals surface area (Å²) in [6.45, 7) is 1.35. The SMILES string of the molecule is CC(=O)CC(=O)N(N=Nc1ccc2nc[nH]c2c1)c1ccc(N)cc1. The number of carbonyl (C=O) groups is 2. The number of aromatic nitrogens is 2. The molecule has 1 aromatic heterocycles. The van der Waals surface area contributed by atoms with Crippen LogP contribution in [0.5, 0.6) is 0 Å². The molecule has 3 N–H and O–H groups in total. The number of Topliss-reactive ketones (excluding diaryl/α,β-unsaturated/α-hetero) is 1. The summed E-state index contributed by atoms with van der Waals surface area (Å²) in [5.74, 6) is -0.719. The lowest BCUT2D eigenvalue weighted by Gasteiger charge is -2.15. The van der Waals surface area contributed by atoms with E-state index in [9.17, 15) is 9.59 Å². The van der Waals surface area contributed by atoms with Crippen LogP contribution in [0.25, 0.3) is 11.0 Å². The Balaban J connectivity index is 1.91. The minimum absolute atomic E-state index is 0.250. The Morgan fingerprint density at radius 3 is 2.68 bits per heavy atom. The van der Waals surface area contributed by atoms with E-state index in [1.54, 1.807) is 48.8 Å². The van der Waals surface area contributed by atoms with Crippen LogP contribution < -0.4 is 10.7 Å². The van der Waals surface area contributed by atoms with Crippen molar-refractivity contribution in [3.63, 3.8) is 0 Å². The maximum absolute atomic E-state index is 12.3. The van der Waals surface area contributed by atoms with Gasteiger partial charge >= 0.3 is 0 Å². The Morgan fingerprint density at radius 1 is 1.20 bits per heavy atom. The minimum atomic E-state index is -0.469. The molecule has 0 radical (unpaired) electrons. The first-order chi connectivity index (χ1) is 12.0. The van der Waals surface area contributed by atoms with Crippen molar-refractivity contribution in [3.8, 4) is 0 Å². The molecule has 0 aliphatic rings. The fourth-order valence-corrected chi connectivity index (χ4v) is 2.23. The van der Waals surface area contributed by atoms with Gasteiger partial charge in [0.25, 0.3) is 5.91 Å². The third-order valence-corrected chi connectivity index (χ3v) is 3.43. The zero-order valence-electron chi connectivity index (χ0n) is 13.5. The first-order valence-corrected chi connectivity index (χ1v) is 7.55. The van der Waals surface area contributed by atoms with Gasteiger partial charge in [-0.15, -0.1) is 5.11 Å². The third kappa shape index (κ3) is 3.86. The molecule has 8 heteroatoms. The molecular weight excluding hydrogens is 320 g/mol. The molecule has 0 aliphatic heterocycles. The summed E-state index contributed by atoms with van der Waals surface area (Å²) in [5, 5.41) is 9.22. The van der Waals surface area contributed by atoms with Crippen LogP contribution in [-0.4, -0.2) is 21.7 Å². The van der Waals surface area contributed by atoms with E-state index in [1.165, 1.54) is 6.92 Å². The average Bonchev–Trinajstić information content (AvgIpc) is 3.03. The average molecular weight is 336 g/mol. The number of aromatic amines is 1. The number of anilines is 2. The molecule has 1 amide bonds. The maximum atomic E-state index is 12.3. The number of hydrogen-bond donors (Lipinski definition) is 2. The summed E-state index contributed by atoms with van der Waals surface area (Å²) in [7, 11) is 0. The molecule has 3 aromatic rings. The van der Waals surface area contributed by atoms with Crippen LogP contribution in [0.2, 0.25) is 0 Å². The zero-order chi connectivity index (χ0) is 17.8. The Kier molecular flexibility index (Phi) is 4.51. The number of imidazole rings is 1. The van der Waals surface area contributed by atoms with Gasteiger partial charge in [-0.2, -0.15) is 5.01 Å². The van der Waals surface area contributed by atoms with Crippen LogP contribution >= 0.6 is 0 Å². The topological polar surface area (TPSA) is 117 Å². The van der Waals surface area contributed by atoms with Crippen LogP contribution in [0.3, 0.4) is 0 Å². The van der Waals surface area contributed by atoms with Gasteiger partial charge in [-0.1, -0.05) is 5.22 Å². The highest BCUT2D eigenvalue weighted by Crippen LogP contribution is 2.22. The maximum Gasteiger partial charge on any atom is 0.256 e. The summed E-state index contributed by atoms with van der Waals surface area (Å²) in [6.07, 6.45) is 1.33. The first kappa shape index (κ1) is 16.3. The number of rotatable bonds is 5. The molecule has 8 nitrogen and oxygen atoms in total. The number of H-pyrrole nitrogens is 1. The van der Waals surface area contributed by atoms with Crippen LogP contribution in [0.1, 0.15) is 13.3 Å². The van der Waals surface area contributed by atoms with E-state index in [1.807, 2.05) is 0 Å². The predicted octanol–water partition coefficient (Wildman–Crippen LogP) is 3.16. The lowest BCUT2D eigenvalue weighted by atomic mass is 10.2. The summed E-state index contributed by atoms with van der Waals surface area (Å²) in [5.41, 5.74) is 8.88. The second-order valence-corrected chi connectivity index (χ2v) is 5.47. The van der Waals surface area contributed by atoms with Gasteiger partial charge < -0.3 is 10.7 Å². The van der Waals surface area contributed by atoms with E-state index in [4.69, 9.17) is 5.73 Å². The highest BCUT2D eigenvalue weighted by molar-refractivity contribution is 6.04. The summed E-state index contributed by atoms with van der Waals surface area (Å²) in [6, 6.07) is 11.9. The molecule has 0 saturated heterocycles. The molecule has 0 aliphatic carbocycles. The number of amides is 1. The normalized spacial score (nSPS) is 11.1. The van der Waals surface area contributed by atoms with Crippen molar-refractivity contribution in [2.45, 2.75) is 13.3 Å². The Bertz CT molecular complexity index is 945. The van der Waals surface area contributed by atoms with Gasteiger partial charge in [0.15, 0.2) is 0 Å². The second-order valence-electron chi connectivity index (χ2n) is 5.47. The summed E-state index contributed by atoms with van der Waals surface area (Å²) >= 11 is 0. The van der Waals surface area contributed by atoms with Crippen LogP contribution in [0.15, 0.2) is 59.1 Å². The molecule has 0 spiro atoms. The quantitative estimate of drug-likeness (QED) is 0.322. The van der Waals surface area contributed by atoms with Crippen molar-refractivity contribution in [1.29, 1.82) is 0 Å². The van der Waals surface area contributed by atoms with E-state index in [0.29, 0.717) is 17.1 Å². The van der Waals surface area contributed by atoms with Crippen molar-refractivity contribution < 1.29 is 9.59 Å². The minimum Gasteiger partial charge on any atom is -0.399 e. The van der Waals surface area contributed by atoms with Gasteiger partial charge in [-0.25, -0.2) is 4.98 Å². The van der Waals surface area contributed by atoms with E-state index >= 15 is 0 Å². The number of nitrogens with zero attached hydrogens (tertiary/aromatic N) is 4. The van der Waals surface area contributed by atoms with Gasteiger partial charge in [0.2, 0.25) is 0 Å². The smallest absolute Gasteiger partial charge is 0.256 e. The van der Waals surface area contributed by atoms with Crippen molar-refractivity contribution in [2.75, 3.05) is 10.7 Å². The molecule has 25 heavy (non-hydrogen) atoms. The molecule has 3 rings (SSSR count). The number of nitrogens with two attached hydrogens (primary N) is 1. The monoisotopic (exact) mass is 336 g/mol. The van der Waals surface area contributed by atoms with Crippen molar-refractivity contribution in [3.05, 3.63) is 48.8 Å². The highest BCUT2D eigenvalue weighted by Gasteiger charge is 2.17. The third-order valence-electron chi connectivity index (χ3n) is 3.43. The summed E-state index contributed by atoms with van der Waals surface area (Å²) < 4.78 is 0. The fraction of sp³-hybridized carbons (Fsp3) is 0.118. The predicted molar refractivity (Wildman–Crippen MR) is 94.2 cm³/mol. The number of ketones is 1. The highest BCUT2D eigenvalue weighted by atomic mass is 16.2. The van der Waals surface area contributed by atoms with Crippen LogP contribution in [0, 0.1) is 0 Å². The molecule has 0 saturated carbocycles. The molecule has 126 valence electrons. The van der Waals surface area contributed by atoms with Gasteiger partial charge in [-0.05, 0) is 49.4 Å². The van der Waals surface area contributed by atoms with Crippen LogP contribution in [0.4, 0.5) is 17.1 Å². The van der Waals surface area contributed by atoms with E-state index < -0.39 is 5.91 Å². The Hall–Kier alpha value is -3.55. The molecule has 0 unspecified atom stereocenters. The van der Waals surface area contributed by atoms with Crippen molar-refractivity contribution >= 4 is 39.8 Å². The van der Waals surface area contributed by atoms with Crippen molar-refractivity contribution in [1.82, 2.24) is 9.97 Å². The molecule has 0 atom stereocenters. The van der Waals surface area contributed by atoms with Gasteiger partial charge in [0.1, 0.15) is 5.78 Å². The van der Waals surface area contributed by atoms with Gasteiger partial charge in [0, 0.05) is 5.69 Å². The fourth-order valence-electron chi connectivity index (χ4n) is 2.23. The van der Waals surface area contributed by atoms with E-state index in [-0.39, 0.29) is 12.2 Å². The molecule has 0 bridgehead atoms. The van der Waals surface area contributed by atoms with Gasteiger partial charge in [0.05, 0.1) is 35.2 Å². The molecule has 0 fully saturated rings. The number of nitrogens with one attached hydrogen (secondary N) is 1. The number of fused-ring (bicyclic) bond motifs is 1. The number of carbonyl (C=O) groups excluding carboxylic acids is 2. The molecule has 2 aromatic carbocycles. The lowest BCUT2D eigenvalue weighted by molar-refractivity contribution is -0.125. The molecule has 1 heterocycles. The van der Waals surface area contributed by atoms with E-state index in [0.717, 1.165) is 16.0 Å². The molecular formula is C17H16N6O2.